The van der Waals surface area contributed by atoms with Gasteiger partial charge in [-0.05, 0) is 41.9 Å². The maximum Gasteiger partial charge on any atom is 0.273 e. The molecule has 0 bridgehead atoms. The molecule has 0 aliphatic heterocycles. The van der Waals surface area contributed by atoms with Crippen LogP contribution >= 0.6 is 27.5 Å². The Morgan fingerprint density at radius 3 is 2.75 bits per heavy atom. The quantitative estimate of drug-likeness (QED) is 0.805. The van der Waals surface area contributed by atoms with E-state index < -0.39 is 5.54 Å². The van der Waals surface area contributed by atoms with E-state index in [1.807, 2.05) is 13.8 Å². The molecule has 0 fully saturated rings. The fraction of sp³-hybridized carbons (Fsp3) is 0.455. The number of hydrogen-bond acceptors (Lipinski definition) is 2. The minimum atomic E-state index is -0.393. The highest BCUT2D eigenvalue weighted by atomic mass is 79.9. The largest absolute Gasteiger partial charge is 0.334 e. The standard InChI is InChI=1S/C11H14BrClN2O/c1-11(2,7-13)15(3)10(16)9-8(12)5-4-6-14-9/h4-6H,7H2,1-3H3. The van der Waals surface area contributed by atoms with Crippen molar-refractivity contribution in [3.8, 4) is 0 Å². The Labute approximate surface area is 109 Å². The van der Waals surface area contributed by atoms with Crippen LogP contribution < -0.4 is 0 Å². The zero-order chi connectivity index (χ0) is 12.3. The van der Waals surface area contributed by atoms with Gasteiger partial charge in [-0.25, -0.2) is 4.98 Å². The van der Waals surface area contributed by atoms with Crippen molar-refractivity contribution in [3.63, 3.8) is 0 Å². The van der Waals surface area contributed by atoms with Crippen LogP contribution in [0.3, 0.4) is 0 Å². The molecular formula is C11H14BrClN2O. The average molecular weight is 306 g/mol. The Kier molecular flexibility index (Phi) is 4.33. The third-order valence-electron chi connectivity index (χ3n) is 2.50. The maximum atomic E-state index is 12.1. The van der Waals surface area contributed by atoms with Crippen molar-refractivity contribution in [2.75, 3.05) is 12.9 Å². The molecule has 0 aliphatic rings. The first-order valence-corrected chi connectivity index (χ1v) is 6.17. The summed E-state index contributed by atoms with van der Waals surface area (Å²) in [5.41, 5.74) is 0.0125. The number of carbonyl (C=O) groups excluding carboxylic acids is 1. The van der Waals surface area contributed by atoms with Gasteiger partial charge in [0.25, 0.3) is 5.91 Å². The molecule has 0 unspecified atom stereocenters. The monoisotopic (exact) mass is 304 g/mol. The first-order valence-electron chi connectivity index (χ1n) is 4.85. The number of hydrogen-bond donors (Lipinski definition) is 0. The van der Waals surface area contributed by atoms with E-state index in [9.17, 15) is 4.79 Å². The summed E-state index contributed by atoms with van der Waals surface area (Å²) in [4.78, 5) is 17.8. The molecule has 0 saturated carbocycles. The van der Waals surface area contributed by atoms with Gasteiger partial charge in [0, 0.05) is 23.6 Å². The van der Waals surface area contributed by atoms with Crippen LogP contribution in [0.1, 0.15) is 24.3 Å². The van der Waals surface area contributed by atoms with E-state index in [0.717, 1.165) is 0 Å². The van der Waals surface area contributed by atoms with Gasteiger partial charge in [-0.15, -0.1) is 11.6 Å². The van der Waals surface area contributed by atoms with Gasteiger partial charge in [0.15, 0.2) is 0 Å². The van der Waals surface area contributed by atoms with Crippen LogP contribution in [-0.2, 0) is 0 Å². The molecule has 1 amide bonds. The Balaban J connectivity index is 3.00. The number of carbonyl (C=O) groups is 1. The Morgan fingerprint density at radius 1 is 1.62 bits per heavy atom. The predicted octanol–water partition coefficient (Wildman–Crippen LogP) is 2.93. The minimum Gasteiger partial charge on any atom is -0.334 e. The molecule has 0 spiro atoms. The summed E-state index contributed by atoms with van der Waals surface area (Å²) in [6.45, 7) is 3.82. The predicted molar refractivity (Wildman–Crippen MR) is 68.8 cm³/mol. The van der Waals surface area contributed by atoms with Crippen molar-refractivity contribution in [1.82, 2.24) is 9.88 Å². The minimum absolute atomic E-state index is 0.141. The molecule has 5 heteroatoms. The summed E-state index contributed by atoms with van der Waals surface area (Å²) >= 11 is 9.14. The Bertz CT molecular complexity index is 395. The lowest BCUT2D eigenvalue weighted by molar-refractivity contribution is 0.0653. The summed E-state index contributed by atoms with van der Waals surface area (Å²) in [5.74, 6) is 0.234. The summed E-state index contributed by atoms with van der Waals surface area (Å²) < 4.78 is 0.692. The highest BCUT2D eigenvalue weighted by Crippen LogP contribution is 2.20. The molecule has 88 valence electrons. The zero-order valence-electron chi connectivity index (χ0n) is 9.50. The van der Waals surface area contributed by atoms with Gasteiger partial charge in [0.05, 0.1) is 5.54 Å². The van der Waals surface area contributed by atoms with E-state index in [1.165, 1.54) is 0 Å². The maximum absolute atomic E-state index is 12.1. The summed E-state index contributed by atoms with van der Waals surface area (Å²) in [6.07, 6.45) is 1.60. The summed E-state index contributed by atoms with van der Waals surface area (Å²) in [5, 5.41) is 0. The number of aromatic nitrogens is 1. The second-order valence-corrected chi connectivity index (χ2v) is 5.27. The van der Waals surface area contributed by atoms with Gasteiger partial charge in [-0.2, -0.15) is 0 Å². The third kappa shape index (κ3) is 2.74. The van der Waals surface area contributed by atoms with Crippen LogP contribution in [0.5, 0.6) is 0 Å². The molecule has 0 radical (unpaired) electrons. The van der Waals surface area contributed by atoms with E-state index >= 15 is 0 Å². The number of rotatable bonds is 3. The van der Waals surface area contributed by atoms with Crippen LogP contribution in [0.15, 0.2) is 22.8 Å². The van der Waals surface area contributed by atoms with Gasteiger partial charge in [-0.3, -0.25) is 4.79 Å². The van der Waals surface area contributed by atoms with Gasteiger partial charge < -0.3 is 4.90 Å². The van der Waals surface area contributed by atoms with E-state index in [-0.39, 0.29) is 5.91 Å². The lowest BCUT2D eigenvalue weighted by Gasteiger charge is -2.33. The molecule has 0 atom stereocenters. The van der Waals surface area contributed by atoms with Crippen molar-refractivity contribution in [2.24, 2.45) is 0 Å². The number of pyridine rings is 1. The van der Waals surface area contributed by atoms with Crippen LogP contribution in [0.4, 0.5) is 0 Å². The SMILES string of the molecule is CN(C(=O)c1ncccc1Br)C(C)(C)CCl. The summed E-state index contributed by atoms with van der Waals surface area (Å²) in [6, 6.07) is 3.56. The number of alkyl halides is 1. The van der Waals surface area contributed by atoms with Crippen LogP contribution in [0.25, 0.3) is 0 Å². The Morgan fingerprint density at radius 2 is 2.25 bits per heavy atom. The second kappa shape index (κ2) is 5.15. The second-order valence-electron chi connectivity index (χ2n) is 4.14. The number of nitrogens with zero attached hydrogens (tertiary/aromatic N) is 2. The molecule has 0 aliphatic carbocycles. The molecule has 3 nitrogen and oxygen atoms in total. The normalized spacial score (nSPS) is 11.3. The molecule has 1 rings (SSSR count). The van der Waals surface area contributed by atoms with E-state index in [1.54, 1.807) is 30.3 Å². The lowest BCUT2D eigenvalue weighted by Crippen LogP contribution is -2.46. The molecular weight excluding hydrogens is 291 g/mol. The van der Waals surface area contributed by atoms with E-state index in [0.29, 0.717) is 16.0 Å². The highest BCUT2D eigenvalue weighted by molar-refractivity contribution is 9.10. The van der Waals surface area contributed by atoms with Crippen molar-refractivity contribution in [3.05, 3.63) is 28.5 Å². The van der Waals surface area contributed by atoms with Crippen LogP contribution in [0, 0.1) is 0 Å². The molecule has 0 aromatic carbocycles. The van der Waals surface area contributed by atoms with Gasteiger partial charge in [-0.1, -0.05) is 0 Å². The topological polar surface area (TPSA) is 33.2 Å². The van der Waals surface area contributed by atoms with E-state index in [2.05, 4.69) is 20.9 Å². The van der Waals surface area contributed by atoms with E-state index in [4.69, 9.17) is 11.6 Å². The zero-order valence-corrected chi connectivity index (χ0v) is 11.8. The number of halogens is 2. The first-order chi connectivity index (χ1) is 7.40. The lowest BCUT2D eigenvalue weighted by atomic mass is 10.1. The smallest absolute Gasteiger partial charge is 0.273 e. The molecule has 0 N–H and O–H groups in total. The van der Waals surface area contributed by atoms with Gasteiger partial charge in [0.2, 0.25) is 0 Å². The highest BCUT2D eigenvalue weighted by Gasteiger charge is 2.28. The molecule has 0 saturated heterocycles. The molecule has 1 aromatic rings. The fourth-order valence-electron chi connectivity index (χ4n) is 1.07. The van der Waals surface area contributed by atoms with Crippen LogP contribution in [-0.4, -0.2) is 34.3 Å². The molecule has 1 aromatic heterocycles. The Hall–Kier alpha value is -0.610. The number of amides is 1. The molecule has 16 heavy (non-hydrogen) atoms. The van der Waals surface area contributed by atoms with Crippen LogP contribution in [0.2, 0.25) is 0 Å². The third-order valence-corrected chi connectivity index (χ3v) is 3.79. The van der Waals surface area contributed by atoms with Crippen molar-refractivity contribution in [1.29, 1.82) is 0 Å². The van der Waals surface area contributed by atoms with Crippen molar-refractivity contribution >= 4 is 33.4 Å². The summed E-state index contributed by atoms with van der Waals surface area (Å²) in [7, 11) is 1.73. The van der Waals surface area contributed by atoms with Gasteiger partial charge >= 0.3 is 0 Å². The van der Waals surface area contributed by atoms with Crippen molar-refractivity contribution in [2.45, 2.75) is 19.4 Å². The fourth-order valence-corrected chi connectivity index (χ4v) is 1.67. The van der Waals surface area contributed by atoms with Crippen molar-refractivity contribution < 1.29 is 4.79 Å². The molecule has 1 heterocycles. The first kappa shape index (κ1) is 13.5. The van der Waals surface area contributed by atoms with Gasteiger partial charge in [0.1, 0.15) is 5.69 Å². The average Bonchev–Trinajstić information content (AvgIpc) is 2.27.